The van der Waals surface area contributed by atoms with E-state index >= 15 is 0 Å². The molecule has 1 saturated heterocycles. The first-order chi connectivity index (χ1) is 11.1. The minimum atomic E-state index is -0.141. The van der Waals surface area contributed by atoms with Crippen molar-refractivity contribution in [2.75, 3.05) is 32.8 Å². The van der Waals surface area contributed by atoms with Crippen LogP contribution in [0.4, 0.5) is 0 Å². The maximum Gasteiger partial charge on any atom is 0.320 e. The third kappa shape index (κ3) is 5.90. The molecule has 1 aromatic carbocycles. The molecule has 1 aromatic rings. The Morgan fingerprint density at radius 1 is 1.52 bits per heavy atom. The Bertz CT molecular complexity index is 504. The van der Waals surface area contributed by atoms with Gasteiger partial charge in [-0.2, -0.15) is 0 Å². The highest BCUT2D eigenvalue weighted by atomic mass is 79.9. The van der Waals surface area contributed by atoms with E-state index in [9.17, 15) is 4.79 Å². The average molecular weight is 383 g/mol. The summed E-state index contributed by atoms with van der Waals surface area (Å²) in [4.78, 5) is 14.3. The first-order valence-corrected chi connectivity index (χ1v) is 9.25. The SMILES string of the molecule is CCOC(=O)CN(CC1CCCNC1)C(C)c1cccc(Br)c1. The highest BCUT2D eigenvalue weighted by Gasteiger charge is 2.24. The highest BCUT2D eigenvalue weighted by molar-refractivity contribution is 9.10. The van der Waals surface area contributed by atoms with Crippen LogP contribution in [0, 0.1) is 5.92 Å². The molecule has 0 bridgehead atoms. The smallest absolute Gasteiger partial charge is 0.320 e. The van der Waals surface area contributed by atoms with Crippen molar-refractivity contribution in [3.05, 3.63) is 34.3 Å². The minimum absolute atomic E-state index is 0.141. The first-order valence-electron chi connectivity index (χ1n) is 8.46. The van der Waals surface area contributed by atoms with Crippen molar-refractivity contribution in [1.82, 2.24) is 10.2 Å². The van der Waals surface area contributed by atoms with Crippen LogP contribution in [0.15, 0.2) is 28.7 Å². The van der Waals surface area contributed by atoms with E-state index in [0.717, 1.165) is 24.1 Å². The number of benzene rings is 1. The van der Waals surface area contributed by atoms with Gasteiger partial charge >= 0.3 is 5.97 Å². The van der Waals surface area contributed by atoms with Gasteiger partial charge in [0.15, 0.2) is 0 Å². The van der Waals surface area contributed by atoms with Gasteiger partial charge in [0, 0.05) is 17.1 Å². The Morgan fingerprint density at radius 3 is 3.00 bits per heavy atom. The summed E-state index contributed by atoms with van der Waals surface area (Å²) >= 11 is 3.53. The number of ether oxygens (including phenoxy) is 1. The summed E-state index contributed by atoms with van der Waals surface area (Å²) < 4.78 is 6.23. The fraction of sp³-hybridized carbons (Fsp3) is 0.611. The monoisotopic (exact) mass is 382 g/mol. The van der Waals surface area contributed by atoms with E-state index in [2.05, 4.69) is 45.2 Å². The zero-order chi connectivity index (χ0) is 16.7. The van der Waals surface area contributed by atoms with Gasteiger partial charge in [0.2, 0.25) is 0 Å². The maximum absolute atomic E-state index is 12.0. The predicted octanol–water partition coefficient (Wildman–Crippen LogP) is 3.37. The predicted molar refractivity (Wildman–Crippen MR) is 96.4 cm³/mol. The van der Waals surface area contributed by atoms with Crippen molar-refractivity contribution in [2.24, 2.45) is 5.92 Å². The minimum Gasteiger partial charge on any atom is -0.465 e. The van der Waals surface area contributed by atoms with E-state index in [0.29, 0.717) is 19.1 Å². The molecule has 0 amide bonds. The van der Waals surface area contributed by atoms with Crippen molar-refractivity contribution >= 4 is 21.9 Å². The van der Waals surface area contributed by atoms with Gasteiger partial charge in [0.1, 0.15) is 0 Å². The van der Waals surface area contributed by atoms with Crippen molar-refractivity contribution < 1.29 is 9.53 Å². The summed E-state index contributed by atoms with van der Waals surface area (Å²) in [6.07, 6.45) is 2.43. The molecule has 0 spiro atoms. The molecule has 2 unspecified atom stereocenters. The summed E-state index contributed by atoms with van der Waals surface area (Å²) in [5.74, 6) is 0.450. The van der Waals surface area contributed by atoms with Gasteiger partial charge in [-0.15, -0.1) is 0 Å². The van der Waals surface area contributed by atoms with Gasteiger partial charge in [-0.1, -0.05) is 28.1 Å². The van der Waals surface area contributed by atoms with E-state index < -0.39 is 0 Å². The second kappa shape index (κ2) is 9.40. The Hall–Kier alpha value is -0.910. The van der Waals surface area contributed by atoms with Crippen LogP contribution in [-0.2, 0) is 9.53 Å². The molecule has 0 saturated carbocycles. The number of nitrogens with one attached hydrogen (secondary N) is 1. The number of piperidine rings is 1. The van der Waals surface area contributed by atoms with Gasteiger partial charge < -0.3 is 10.1 Å². The zero-order valence-electron chi connectivity index (χ0n) is 14.1. The van der Waals surface area contributed by atoms with Crippen molar-refractivity contribution in [3.8, 4) is 0 Å². The zero-order valence-corrected chi connectivity index (χ0v) is 15.6. The number of carbonyl (C=O) groups excluding carboxylic acids is 1. The summed E-state index contributed by atoms with van der Waals surface area (Å²) in [5, 5.41) is 3.46. The van der Waals surface area contributed by atoms with Crippen LogP contribution in [0.25, 0.3) is 0 Å². The van der Waals surface area contributed by atoms with E-state index in [1.807, 2.05) is 19.1 Å². The van der Waals surface area contributed by atoms with Crippen LogP contribution in [0.3, 0.4) is 0 Å². The molecule has 5 heteroatoms. The second-order valence-electron chi connectivity index (χ2n) is 6.18. The van der Waals surface area contributed by atoms with Gasteiger partial charge in [-0.3, -0.25) is 9.69 Å². The van der Waals surface area contributed by atoms with Crippen LogP contribution in [-0.4, -0.2) is 43.7 Å². The number of hydrogen-bond donors (Lipinski definition) is 1. The number of esters is 1. The maximum atomic E-state index is 12.0. The van der Waals surface area contributed by atoms with Gasteiger partial charge in [0.05, 0.1) is 13.2 Å². The number of nitrogens with zero attached hydrogens (tertiary/aromatic N) is 1. The number of carbonyl (C=O) groups is 1. The number of rotatable bonds is 7. The summed E-state index contributed by atoms with van der Waals surface area (Å²) in [5.41, 5.74) is 1.22. The fourth-order valence-electron chi connectivity index (χ4n) is 3.12. The van der Waals surface area contributed by atoms with Crippen molar-refractivity contribution in [1.29, 1.82) is 0 Å². The number of halogens is 1. The lowest BCUT2D eigenvalue weighted by Gasteiger charge is -2.33. The fourth-order valence-corrected chi connectivity index (χ4v) is 3.54. The molecule has 0 aliphatic carbocycles. The Morgan fingerprint density at radius 2 is 2.35 bits per heavy atom. The molecule has 1 aliphatic heterocycles. The number of hydrogen-bond acceptors (Lipinski definition) is 4. The lowest BCUT2D eigenvalue weighted by Crippen LogP contribution is -2.41. The van der Waals surface area contributed by atoms with Gasteiger partial charge in [-0.25, -0.2) is 0 Å². The molecule has 1 fully saturated rings. The van der Waals surface area contributed by atoms with Crippen LogP contribution in [0.5, 0.6) is 0 Å². The second-order valence-corrected chi connectivity index (χ2v) is 7.09. The van der Waals surface area contributed by atoms with Crippen LogP contribution < -0.4 is 5.32 Å². The van der Waals surface area contributed by atoms with Gasteiger partial charge in [-0.05, 0) is 63.4 Å². The average Bonchev–Trinajstić information content (AvgIpc) is 2.55. The van der Waals surface area contributed by atoms with Crippen molar-refractivity contribution in [3.63, 3.8) is 0 Å². The topological polar surface area (TPSA) is 41.6 Å². The third-order valence-electron chi connectivity index (χ3n) is 4.41. The highest BCUT2D eigenvalue weighted by Crippen LogP contribution is 2.25. The molecule has 0 radical (unpaired) electrons. The lowest BCUT2D eigenvalue weighted by molar-refractivity contribution is -0.145. The normalized spacial score (nSPS) is 19.6. The quantitative estimate of drug-likeness (QED) is 0.733. The summed E-state index contributed by atoms with van der Waals surface area (Å²) in [7, 11) is 0. The summed E-state index contributed by atoms with van der Waals surface area (Å²) in [6, 6.07) is 8.49. The molecule has 0 aromatic heterocycles. The first kappa shape index (κ1) is 18.4. The molecule has 1 heterocycles. The lowest BCUT2D eigenvalue weighted by atomic mass is 9.97. The molecule has 1 aliphatic rings. The largest absolute Gasteiger partial charge is 0.465 e. The molecular formula is C18H27BrN2O2. The van der Waals surface area contributed by atoms with Crippen LogP contribution in [0.2, 0.25) is 0 Å². The van der Waals surface area contributed by atoms with Crippen molar-refractivity contribution in [2.45, 2.75) is 32.7 Å². The third-order valence-corrected chi connectivity index (χ3v) is 4.90. The van der Waals surface area contributed by atoms with Crippen LogP contribution >= 0.6 is 15.9 Å². The Kier molecular flexibility index (Phi) is 7.53. The molecule has 128 valence electrons. The molecule has 4 nitrogen and oxygen atoms in total. The summed E-state index contributed by atoms with van der Waals surface area (Å²) in [6.45, 7) is 7.85. The molecule has 23 heavy (non-hydrogen) atoms. The van der Waals surface area contributed by atoms with E-state index in [1.54, 1.807) is 0 Å². The van der Waals surface area contributed by atoms with E-state index in [4.69, 9.17) is 4.74 Å². The van der Waals surface area contributed by atoms with Crippen LogP contribution in [0.1, 0.15) is 38.3 Å². The Labute approximate surface area is 147 Å². The molecule has 1 N–H and O–H groups in total. The van der Waals surface area contributed by atoms with Gasteiger partial charge in [0.25, 0.3) is 0 Å². The standard InChI is InChI=1S/C18H27BrN2O2/c1-3-23-18(22)13-21(12-15-6-5-9-20-11-15)14(2)16-7-4-8-17(19)10-16/h4,7-8,10,14-15,20H,3,5-6,9,11-13H2,1-2H3. The molecular weight excluding hydrogens is 356 g/mol. The molecule has 2 atom stereocenters. The Balaban J connectivity index is 2.08. The van der Waals surface area contributed by atoms with E-state index in [-0.39, 0.29) is 12.0 Å². The van der Waals surface area contributed by atoms with E-state index in [1.165, 1.54) is 18.4 Å². The molecule has 2 rings (SSSR count).